The van der Waals surface area contributed by atoms with E-state index in [1.165, 1.54) is 0 Å². The van der Waals surface area contributed by atoms with Gasteiger partial charge in [0.25, 0.3) is 5.91 Å². The summed E-state index contributed by atoms with van der Waals surface area (Å²) < 4.78 is 1.76. The summed E-state index contributed by atoms with van der Waals surface area (Å²) in [5.41, 5.74) is 1.52. The lowest BCUT2D eigenvalue weighted by atomic mass is 9.98. The number of tetrazole rings is 1. The van der Waals surface area contributed by atoms with Crippen LogP contribution >= 0.6 is 0 Å². The third-order valence-corrected chi connectivity index (χ3v) is 4.73. The molecule has 2 aromatic heterocycles. The lowest BCUT2D eigenvalue weighted by Crippen LogP contribution is -2.42. The number of hydrogen-bond donors (Lipinski definition) is 1. The first-order valence-corrected chi connectivity index (χ1v) is 9.08. The maximum absolute atomic E-state index is 12.2. The molecule has 0 bridgehead atoms. The van der Waals surface area contributed by atoms with E-state index in [9.17, 15) is 4.79 Å². The van der Waals surface area contributed by atoms with E-state index in [0.717, 1.165) is 37.6 Å². The van der Waals surface area contributed by atoms with Gasteiger partial charge in [-0.25, -0.2) is 0 Å². The number of piperidine rings is 1. The van der Waals surface area contributed by atoms with Crippen LogP contribution in [-0.2, 0) is 0 Å². The molecule has 1 aliphatic rings. The highest BCUT2D eigenvalue weighted by atomic mass is 16.1. The molecule has 1 saturated heterocycles. The molecule has 0 saturated carbocycles. The van der Waals surface area contributed by atoms with Gasteiger partial charge in [0.1, 0.15) is 0 Å². The Morgan fingerprint density at radius 2 is 2.07 bits per heavy atom. The van der Waals surface area contributed by atoms with Gasteiger partial charge in [-0.15, -0.1) is 0 Å². The molecule has 8 heteroatoms. The average molecular weight is 363 g/mol. The van der Waals surface area contributed by atoms with Gasteiger partial charge in [0.2, 0.25) is 5.95 Å². The Balaban J connectivity index is 1.41. The van der Waals surface area contributed by atoms with E-state index in [1.54, 1.807) is 29.2 Å². The van der Waals surface area contributed by atoms with E-state index in [1.807, 2.05) is 30.3 Å². The third-order valence-electron chi connectivity index (χ3n) is 4.73. The maximum atomic E-state index is 12.2. The predicted molar refractivity (Wildman–Crippen MR) is 101 cm³/mol. The summed E-state index contributed by atoms with van der Waals surface area (Å²) in [6.45, 7) is 2.33. The third kappa shape index (κ3) is 3.94. The van der Waals surface area contributed by atoms with E-state index in [0.29, 0.717) is 18.0 Å². The molecule has 1 aromatic carbocycles. The quantitative estimate of drug-likeness (QED) is 0.742. The van der Waals surface area contributed by atoms with Crippen LogP contribution in [0.5, 0.6) is 0 Å². The van der Waals surface area contributed by atoms with Crippen LogP contribution in [0.25, 0.3) is 5.69 Å². The van der Waals surface area contributed by atoms with Crippen molar-refractivity contribution in [2.45, 2.75) is 12.8 Å². The van der Waals surface area contributed by atoms with E-state index in [-0.39, 0.29) is 5.91 Å². The summed E-state index contributed by atoms with van der Waals surface area (Å²) in [7, 11) is 0. The van der Waals surface area contributed by atoms with Gasteiger partial charge in [-0.05, 0) is 53.5 Å². The number of para-hydroxylation sites is 1. The van der Waals surface area contributed by atoms with Crippen molar-refractivity contribution < 1.29 is 4.79 Å². The largest absolute Gasteiger partial charge is 0.352 e. The number of rotatable bonds is 5. The molecular weight excluding hydrogens is 342 g/mol. The van der Waals surface area contributed by atoms with Crippen LogP contribution in [0.15, 0.2) is 54.9 Å². The molecule has 27 heavy (non-hydrogen) atoms. The van der Waals surface area contributed by atoms with Gasteiger partial charge in [0.15, 0.2) is 0 Å². The van der Waals surface area contributed by atoms with Crippen molar-refractivity contribution in [3.8, 4) is 5.69 Å². The number of anilines is 1. The first-order valence-electron chi connectivity index (χ1n) is 9.08. The second-order valence-electron chi connectivity index (χ2n) is 6.63. The molecule has 1 unspecified atom stereocenters. The summed E-state index contributed by atoms with van der Waals surface area (Å²) in [4.78, 5) is 18.4. The van der Waals surface area contributed by atoms with Gasteiger partial charge in [0.05, 0.1) is 11.3 Å². The first-order chi connectivity index (χ1) is 13.3. The van der Waals surface area contributed by atoms with Crippen LogP contribution in [0.4, 0.5) is 5.95 Å². The van der Waals surface area contributed by atoms with Crippen LogP contribution in [0.2, 0.25) is 0 Å². The van der Waals surface area contributed by atoms with Crippen LogP contribution in [0.1, 0.15) is 23.2 Å². The smallest absolute Gasteiger partial charge is 0.252 e. The number of carbonyl (C=O) groups excluding carboxylic acids is 1. The minimum Gasteiger partial charge on any atom is -0.352 e. The highest BCUT2D eigenvalue weighted by Gasteiger charge is 2.25. The van der Waals surface area contributed by atoms with Crippen molar-refractivity contribution in [2.75, 3.05) is 24.5 Å². The van der Waals surface area contributed by atoms with E-state index < -0.39 is 0 Å². The van der Waals surface area contributed by atoms with Crippen molar-refractivity contribution in [3.05, 3.63) is 60.4 Å². The number of aromatic nitrogens is 5. The molecule has 138 valence electrons. The number of nitrogens with zero attached hydrogens (tertiary/aromatic N) is 6. The number of amides is 1. The fourth-order valence-electron chi connectivity index (χ4n) is 3.37. The van der Waals surface area contributed by atoms with E-state index >= 15 is 0 Å². The fourth-order valence-corrected chi connectivity index (χ4v) is 3.37. The van der Waals surface area contributed by atoms with Gasteiger partial charge >= 0.3 is 0 Å². The highest BCUT2D eigenvalue weighted by Crippen LogP contribution is 2.22. The predicted octanol–water partition coefficient (Wildman–Crippen LogP) is 1.70. The number of benzene rings is 1. The summed E-state index contributed by atoms with van der Waals surface area (Å²) in [5, 5.41) is 15.2. The molecule has 3 heterocycles. The molecule has 1 amide bonds. The molecule has 1 N–H and O–H groups in total. The average Bonchev–Trinajstić information content (AvgIpc) is 3.23. The van der Waals surface area contributed by atoms with Crippen molar-refractivity contribution >= 4 is 11.9 Å². The van der Waals surface area contributed by atoms with Crippen LogP contribution in [-0.4, -0.2) is 50.7 Å². The Morgan fingerprint density at radius 3 is 2.89 bits per heavy atom. The van der Waals surface area contributed by atoms with Crippen LogP contribution < -0.4 is 10.2 Å². The zero-order valence-electron chi connectivity index (χ0n) is 14.9. The first kappa shape index (κ1) is 17.1. The molecular formula is C19H21N7O. The molecule has 0 spiro atoms. The number of carbonyl (C=O) groups is 1. The summed E-state index contributed by atoms with van der Waals surface area (Å²) >= 11 is 0. The Kier molecular flexibility index (Phi) is 5.04. The minimum absolute atomic E-state index is 0.0886. The topological polar surface area (TPSA) is 88.8 Å². The molecule has 8 nitrogen and oxygen atoms in total. The van der Waals surface area contributed by atoms with Crippen molar-refractivity contribution in [3.63, 3.8) is 0 Å². The minimum atomic E-state index is -0.0886. The van der Waals surface area contributed by atoms with Crippen molar-refractivity contribution in [2.24, 2.45) is 5.92 Å². The second-order valence-corrected chi connectivity index (χ2v) is 6.63. The Hall–Kier alpha value is -3.29. The monoisotopic (exact) mass is 363 g/mol. The SMILES string of the molecule is O=C(NCC1CCCN(c2nnnn2-c2ccccc2)C1)c1cccnc1. The van der Waals surface area contributed by atoms with Gasteiger partial charge < -0.3 is 10.2 Å². The molecule has 3 aromatic rings. The molecule has 0 radical (unpaired) electrons. The van der Waals surface area contributed by atoms with Gasteiger partial charge in [-0.3, -0.25) is 9.78 Å². The lowest BCUT2D eigenvalue weighted by Gasteiger charge is -2.33. The van der Waals surface area contributed by atoms with Crippen molar-refractivity contribution in [1.29, 1.82) is 0 Å². The summed E-state index contributed by atoms with van der Waals surface area (Å²) in [6, 6.07) is 13.4. The molecule has 1 atom stereocenters. The molecule has 4 rings (SSSR count). The van der Waals surface area contributed by atoms with Crippen molar-refractivity contribution in [1.82, 2.24) is 30.5 Å². The Labute approximate surface area is 157 Å². The number of hydrogen-bond acceptors (Lipinski definition) is 6. The van der Waals surface area contributed by atoms with Gasteiger partial charge in [0, 0.05) is 32.0 Å². The summed E-state index contributed by atoms with van der Waals surface area (Å²) in [6.07, 6.45) is 5.34. The molecule has 1 aliphatic heterocycles. The highest BCUT2D eigenvalue weighted by molar-refractivity contribution is 5.93. The number of pyridine rings is 1. The van der Waals surface area contributed by atoms with E-state index in [4.69, 9.17) is 0 Å². The van der Waals surface area contributed by atoms with Gasteiger partial charge in [-0.1, -0.05) is 23.3 Å². The standard InChI is InChI=1S/C19H21N7O/c27-18(16-7-4-10-20-13-16)21-12-15-6-5-11-25(14-15)19-22-23-24-26(19)17-8-2-1-3-9-17/h1-4,7-10,13,15H,5-6,11-12,14H2,(H,21,27). The Morgan fingerprint density at radius 1 is 1.19 bits per heavy atom. The zero-order chi connectivity index (χ0) is 18.5. The second kappa shape index (κ2) is 7.94. The molecule has 1 fully saturated rings. The van der Waals surface area contributed by atoms with Crippen LogP contribution in [0, 0.1) is 5.92 Å². The van der Waals surface area contributed by atoms with Gasteiger partial charge in [-0.2, -0.15) is 4.68 Å². The van der Waals surface area contributed by atoms with E-state index in [2.05, 4.69) is 30.7 Å². The maximum Gasteiger partial charge on any atom is 0.252 e. The normalized spacial score (nSPS) is 16.9. The lowest BCUT2D eigenvalue weighted by molar-refractivity contribution is 0.0945. The zero-order valence-corrected chi connectivity index (χ0v) is 14.9. The summed E-state index contributed by atoms with van der Waals surface area (Å²) in [5.74, 6) is 0.999. The number of nitrogens with one attached hydrogen (secondary N) is 1. The molecule has 0 aliphatic carbocycles. The fraction of sp³-hybridized carbons (Fsp3) is 0.316. The van der Waals surface area contributed by atoms with Crippen LogP contribution in [0.3, 0.4) is 0 Å². The Bertz CT molecular complexity index is 881.